The number of pyridine rings is 1. The molecule has 0 aromatic carbocycles. The Morgan fingerprint density at radius 1 is 1.24 bits per heavy atom. The van der Waals surface area contributed by atoms with Crippen LogP contribution in [0.5, 0.6) is 0 Å². The maximum absolute atomic E-state index is 9.66. The van der Waals surface area contributed by atoms with Gasteiger partial charge in [-0.1, -0.05) is 0 Å². The number of halogens is 1. The van der Waals surface area contributed by atoms with Crippen molar-refractivity contribution in [2.75, 3.05) is 36.9 Å². The van der Waals surface area contributed by atoms with E-state index in [1.807, 2.05) is 26.0 Å². The van der Waals surface area contributed by atoms with Crippen molar-refractivity contribution in [2.24, 2.45) is 0 Å². The largest absolute Gasteiger partial charge is 0.440 e. The summed E-state index contributed by atoms with van der Waals surface area (Å²) < 4.78 is 12.4. The molecule has 8 heteroatoms. The molecule has 2 aromatic rings. The van der Waals surface area contributed by atoms with Gasteiger partial charge in [0.15, 0.2) is 0 Å². The molecule has 7 nitrogen and oxygen atoms in total. The summed E-state index contributed by atoms with van der Waals surface area (Å²) >= 11 is 3.58. The lowest BCUT2D eigenvalue weighted by Crippen LogP contribution is -2.36. The van der Waals surface area contributed by atoms with Gasteiger partial charge in [-0.3, -0.25) is 0 Å². The van der Waals surface area contributed by atoms with Crippen LogP contribution in [0.25, 0.3) is 17.2 Å². The van der Waals surface area contributed by atoms with Gasteiger partial charge in [0, 0.05) is 24.7 Å². The number of allylic oxidation sites excluding steroid dienone is 3. The molecule has 1 aliphatic heterocycles. The first-order valence-corrected chi connectivity index (χ1v) is 9.91. The quantitative estimate of drug-likeness (QED) is 0.736. The van der Waals surface area contributed by atoms with Crippen LogP contribution < -0.4 is 10.6 Å². The van der Waals surface area contributed by atoms with Crippen molar-refractivity contribution in [1.82, 2.24) is 4.98 Å². The standard InChI is InChI=1S/C21H18BrN5O2/c1-11-14(7-13-8-17(22)21(29-13)27-3-5-28-6-4-27)18-12(2)16(10-24)20(25)26-19(18)15(11)9-23/h7-8H,3-6H2,1-2H3,(H2,25,26)/b14-7-. The predicted molar refractivity (Wildman–Crippen MR) is 114 cm³/mol. The minimum Gasteiger partial charge on any atom is -0.440 e. The third-order valence-corrected chi connectivity index (χ3v) is 5.82. The van der Waals surface area contributed by atoms with Gasteiger partial charge in [-0.25, -0.2) is 4.98 Å². The number of nitrogens with zero attached hydrogens (tertiary/aromatic N) is 4. The van der Waals surface area contributed by atoms with E-state index < -0.39 is 0 Å². The summed E-state index contributed by atoms with van der Waals surface area (Å²) in [5.41, 5.74) is 10.3. The Bertz CT molecular complexity index is 1160. The highest BCUT2D eigenvalue weighted by atomic mass is 79.9. The lowest BCUT2D eigenvalue weighted by molar-refractivity contribution is 0.120. The number of hydrogen-bond acceptors (Lipinski definition) is 7. The Morgan fingerprint density at radius 3 is 2.62 bits per heavy atom. The van der Waals surface area contributed by atoms with Crippen LogP contribution in [0.3, 0.4) is 0 Å². The molecular weight excluding hydrogens is 434 g/mol. The van der Waals surface area contributed by atoms with E-state index in [0.717, 1.165) is 40.2 Å². The predicted octanol–water partition coefficient (Wildman–Crippen LogP) is 3.89. The maximum atomic E-state index is 9.66. The maximum Gasteiger partial charge on any atom is 0.210 e. The summed E-state index contributed by atoms with van der Waals surface area (Å²) in [6.45, 7) is 6.54. The Morgan fingerprint density at radius 2 is 1.97 bits per heavy atom. The van der Waals surface area contributed by atoms with Gasteiger partial charge in [-0.2, -0.15) is 10.5 Å². The summed E-state index contributed by atoms with van der Waals surface area (Å²) in [6.07, 6.45) is 1.89. The fourth-order valence-corrected chi connectivity index (χ4v) is 4.32. The van der Waals surface area contributed by atoms with Crippen LogP contribution in [-0.2, 0) is 4.74 Å². The van der Waals surface area contributed by atoms with Gasteiger partial charge in [0.1, 0.15) is 23.7 Å². The summed E-state index contributed by atoms with van der Waals surface area (Å²) in [4.78, 5) is 6.48. The number of rotatable bonds is 2. The smallest absolute Gasteiger partial charge is 0.210 e. The molecule has 0 unspecified atom stereocenters. The second-order valence-corrected chi connectivity index (χ2v) is 7.76. The number of anilines is 2. The average molecular weight is 452 g/mol. The van der Waals surface area contributed by atoms with E-state index >= 15 is 0 Å². The van der Waals surface area contributed by atoms with Crippen molar-refractivity contribution in [3.63, 3.8) is 0 Å². The number of hydrogen-bond donors (Lipinski definition) is 1. The second-order valence-electron chi connectivity index (χ2n) is 6.90. The van der Waals surface area contributed by atoms with Crippen molar-refractivity contribution in [3.8, 4) is 12.1 Å². The molecule has 3 heterocycles. The van der Waals surface area contributed by atoms with Gasteiger partial charge in [0.05, 0.1) is 34.5 Å². The van der Waals surface area contributed by atoms with E-state index in [-0.39, 0.29) is 5.82 Å². The molecule has 0 radical (unpaired) electrons. The number of morpholine rings is 1. The highest BCUT2D eigenvalue weighted by Crippen LogP contribution is 2.44. The monoisotopic (exact) mass is 451 g/mol. The molecule has 2 aromatic heterocycles. The number of nitrogen functional groups attached to an aromatic ring is 1. The molecule has 1 saturated heterocycles. The van der Waals surface area contributed by atoms with Crippen LogP contribution in [0.2, 0.25) is 0 Å². The van der Waals surface area contributed by atoms with E-state index in [2.05, 4.69) is 38.0 Å². The number of furan rings is 1. The molecule has 146 valence electrons. The molecule has 29 heavy (non-hydrogen) atoms. The summed E-state index contributed by atoms with van der Waals surface area (Å²) in [5, 5.41) is 19.1. The van der Waals surface area contributed by atoms with Crippen LogP contribution in [0.4, 0.5) is 11.7 Å². The van der Waals surface area contributed by atoms with Crippen molar-refractivity contribution in [3.05, 3.63) is 44.3 Å². The number of nitrogens with two attached hydrogens (primary N) is 1. The molecule has 0 atom stereocenters. The topological polar surface area (TPSA) is 112 Å². The molecular formula is C21H18BrN5O2. The molecule has 1 aliphatic carbocycles. The van der Waals surface area contributed by atoms with Crippen LogP contribution in [-0.4, -0.2) is 31.3 Å². The molecule has 2 N–H and O–H groups in total. The summed E-state index contributed by atoms with van der Waals surface area (Å²) in [7, 11) is 0. The fourth-order valence-electron chi connectivity index (χ4n) is 3.77. The minimum atomic E-state index is 0.140. The van der Waals surface area contributed by atoms with E-state index in [1.54, 1.807) is 0 Å². The first-order valence-electron chi connectivity index (χ1n) is 9.12. The zero-order valence-electron chi connectivity index (χ0n) is 16.0. The molecule has 0 bridgehead atoms. The Hall–Kier alpha value is -3.07. The minimum absolute atomic E-state index is 0.140. The van der Waals surface area contributed by atoms with Crippen molar-refractivity contribution >= 4 is 44.9 Å². The number of nitriles is 2. The van der Waals surface area contributed by atoms with E-state index in [0.29, 0.717) is 41.4 Å². The van der Waals surface area contributed by atoms with Crippen LogP contribution >= 0.6 is 15.9 Å². The van der Waals surface area contributed by atoms with Gasteiger partial charge >= 0.3 is 0 Å². The van der Waals surface area contributed by atoms with Crippen molar-refractivity contribution in [1.29, 1.82) is 10.5 Å². The van der Waals surface area contributed by atoms with Gasteiger partial charge in [0.2, 0.25) is 5.88 Å². The lowest BCUT2D eigenvalue weighted by Gasteiger charge is -2.26. The molecule has 0 amide bonds. The molecule has 0 spiro atoms. The highest BCUT2D eigenvalue weighted by Gasteiger charge is 2.30. The third-order valence-electron chi connectivity index (χ3n) is 5.26. The van der Waals surface area contributed by atoms with E-state index in [1.165, 1.54) is 0 Å². The van der Waals surface area contributed by atoms with Crippen LogP contribution in [0, 0.1) is 29.6 Å². The normalized spacial score (nSPS) is 17.4. The first kappa shape index (κ1) is 19.3. The highest BCUT2D eigenvalue weighted by molar-refractivity contribution is 9.10. The van der Waals surface area contributed by atoms with Crippen LogP contribution in [0.1, 0.15) is 35.1 Å². The third kappa shape index (κ3) is 3.11. The van der Waals surface area contributed by atoms with Gasteiger partial charge < -0.3 is 19.8 Å². The molecule has 2 aliphatic rings. The van der Waals surface area contributed by atoms with E-state index in [4.69, 9.17) is 14.9 Å². The Balaban J connectivity index is 1.85. The van der Waals surface area contributed by atoms with Gasteiger partial charge in [0.25, 0.3) is 0 Å². The zero-order chi connectivity index (χ0) is 20.7. The molecule has 1 fully saturated rings. The Labute approximate surface area is 176 Å². The molecule has 4 rings (SSSR count). The second kappa shape index (κ2) is 7.40. The average Bonchev–Trinajstić information content (AvgIpc) is 3.20. The number of ether oxygens (including phenoxy) is 1. The van der Waals surface area contributed by atoms with Crippen molar-refractivity contribution in [2.45, 2.75) is 13.8 Å². The lowest BCUT2D eigenvalue weighted by atomic mass is 9.96. The fraction of sp³-hybridized carbons (Fsp3) is 0.286. The number of aromatic nitrogens is 1. The molecule has 0 saturated carbocycles. The van der Waals surface area contributed by atoms with Crippen LogP contribution in [0.15, 0.2) is 20.5 Å². The first-order chi connectivity index (χ1) is 14.0. The number of fused-ring (bicyclic) bond motifs is 1. The zero-order valence-corrected chi connectivity index (χ0v) is 17.6. The summed E-state index contributed by atoms with van der Waals surface area (Å²) in [5.74, 6) is 1.54. The summed E-state index contributed by atoms with van der Waals surface area (Å²) in [6, 6.07) is 6.24. The van der Waals surface area contributed by atoms with Crippen molar-refractivity contribution < 1.29 is 9.15 Å². The SMILES string of the molecule is CC1=C(C#N)c2nc(N)c(C#N)c(C)c2/C1=C\c1cc(Br)c(N2CCOCC2)o1. The Kier molecular flexibility index (Phi) is 4.91. The van der Waals surface area contributed by atoms with Gasteiger partial charge in [-0.15, -0.1) is 0 Å². The van der Waals surface area contributed by atoms with E-state index in [9.17, 15) is 10.5 Å². The van der Waals surface area contributed by atoms with Gasteiger partial charge in [-0.05, 0) is 52.6 Å².